The van der Waals surface area contributed by atoms with Crippen molar-refractivity contribution in [3.63, 3.8) is 0 Å². The van der Waals surface area contributed by atoms with Gasteiger partial charge in [-0.1, -0.05) is 24.3 Å². The second kappa shape index (κ2) is 6.40. The average molecular weight is 321 g/mol. The van der Waals surface area contributed by atoms with Crippen molar-refractivity contribution in [2.75, 3.05) is 0 Å². The predicted molar refractivity (Wildman–Crippen MR) is 67.2 cm³/mol. The largest absolute Gasteiger partial charge is 0.256 e. The van der Waals surface area contributed by atoms with Gasteiger partial charge in [0.2, 0.25) is 0 Å². The molecule has 1 heterocycles. The van der Waals surface area contributed by atoms with E-state index in [4.69, 9.17) is 0 Å². The van der Waals surface area contributed by atoms with Gasteiger partial charge in [0.1, 0.15) is 0 Å². The summed E-state index contributed by atoms with van der Waals surface area (Å²) in [7, 11) is 1.38. The molecule has 2 rings (SSSR count). The lowest BCUT2D eigenvalue weighted by atomic mass is 10.2. The Labute approximate surface area is 96.3 Å². The molecule has 0 radical (unpaired) electrons. The van der Waals surface area contributed by atoms with E-state index in [9.17, 15) is 0 Å². The maximum atomic E-state index is 4.18. The fraction of sp³-hybridized carbons (Fsp3) is 0. The van der Waals surface area contributed by atoms with Crippen molar-refractivity contribution < 1.29 is 0 Å². The molecule has 0 aliphatic heterocycles. The van der Waals surface area contributed by atoms with E-state index in [0.717, 1.165) is 5.52 Å². The highest BCUT2D eigenvalue weighted by Crippen LogP contribution is 2.17. The second-order valence-corrected chi connectivity index (χ2v) is 6.92. The number of hydrogen-bond donors (Lipinski definition) is 0. The van der Waals surface area contributed by atoms with Crippen LogP contribution in [-0.4, -0.2) is 4.98 Å². The number of fused-ring (bicyclic) bond motifs is 1. The van der Waals surface area contributed by atoms with E-state index in [0.29, 0.717) is 0 Å². The van der Waals surface area contributed by atoms with Crippen molar-refractivity contribution in [2.24, 2.45) is 0 Å². The number of rotatable bonds is 0. The summed E-state index contributed by atoms with van der Waals surface area (Å²) in [6, 6.07) is 12.1. The summed E-state index contributed by atoms with van der Waals surface area (Å²) in [5.74, 6) is 0. The predicted octanol–water partition coefficient (Wildman–Crippen LogP) is 4.57. The highest BCUT2D eigenvalue weighted by molar-refractivity contribution is 9.82. The van der Waals surface area contributed by atoms with E-state index in [2.05, 4.69) is 46.7 Å². The molecule has 0 amide bonds. The number of halogens is 2. The maximum absolute atomic E-state index is 4.18. The Balaban J connectivity index is 0.000000251. The summed E-state index contributed by atoms with van der Waals surface area (Å²) in [6.45, 7) is 0. The van der Waals surface area contributed by atoms with Crippen molar-refractivity contribution >= 4 is 49.2 Å². The zero-order valence-corrected chi connectivity index (χ0v) is 10.6. The molecule has 68 valence electrons. The first kappa shape index (κ1) is 11.0. The monoisotopic (exact) mass is 319 g/mol. The summed E-state index contributed by atoms with van der Waals surface area (Å²) in [4.78, 5) is 4.18. The minimum absolute atomic E-state index is 1.06. The number of para-hydroxylation sites is 1. The molecule has 0 atom stereocenters. The van der Waals surface area contributed by atoms with Crippen molar-refractivity contribution in [3.05, 3.63) is 42.6 Å². The lowest BCUT2D eigenvalue weighted by Gasteiger charge is -1.91. The summed E-state index contributed by atoms with van der Waals surface area (Å²) >= 11 is 5.96. The van der Waals surface area contributed by atoms with Crippen LogP contribution in [0.2, 0.25) is 0 Å². The third-order valence-electron chi connectivity index (χ3n) is 1.51. The fourth-order valence-corrected chi connectivity index (χ4v) is 1.02. The Hall–Kier alpha value is -0.0600. The molecule has 0 N–H and O–H groups in total. The van der Waals surface area contributed by atoms with Crippen molar-refractivity contribution in [2.45, 2.75) is 0 Å². The SMILES string of the molecule is BrSBr.c1ccc2ncccc2c1. The summed E-state index contributed by atoms with van der Waals surface area (Å²) in [6.07, 6.45) is 1.81. The lowest BCUT2D eigenvalue weighted by molar-refractivity contribution is 1.41. The molecular weight excluding hydrogens is 314 g/mol. The van der Waals surface area contributed by atoms with Crippen LogP contribution in [0.15, 0.2) is 42.6 Å². The molecule has 0 aliphatic rings. The van der Waals surface area contributed by atoms with E-state index >= 15 is 0 Å². The Bertz CT molecular complexity index is 302. The van der Waals surface area contributed by atoms with E-state index in [1.165, 1.54) is 14.0 Å². The van der Waals surface area contributed by atoms with Gasteiger partial charge in [-0.3, -0.25) is 4.98 Å². The number of aromatic nitrogens is 1. The van der Waals surface area contributed by atoms with Gasteiger partial charge in [0.15, 0.2) is 0 Å². The van der Waals surface area contributed by atoms with Gasteiger partial charge >= 0.3 is 0 Å². The van der Waals surface area contributed by atoms with Gasteiger partial charge in [0.05, 0.1) is 5.52 Å². The molecule has 4 heteroatoms. The van der Waals surface area contributed by atoms with Gasteiger partial charge in [-0.25, -0.2) is 0 Å². The zero-order valence-electron chi connectivity index (χ0n) is 6.65. The van der Waals surface area contributed by atoms with Crippen molar-refractivity contribution in [3.8, 4) is 0 Å². The summed E-state index contributed by atoms with van der Waals surface area (Å²) < 4.78 is 0. The smallest absolute Gasteiger partial charge is 0.0701 e. The molecule has 1 nitrogen and oxygen atoms in total. The minimum atomic E-state index is 1.06. The van der Waals surface area contributed by atoms with Crippen molar-refractivity contribution in [1.82, 2.24) is 4.98 Å². The lowest BCUT2D eigenvalue weighted by Crippen LogP contribution is -1.73. The van der Waals surface area contributed by atoms with Gasteiger partial charge in [0.25, 0.3) is 0 Å². The van der Waals surface area contributed by atoms with E-state index in [1.807, 2.05) is 30.5 Å². The Kier molecular flexibility index (Phi) is 5.43. The van der Waals surface area contributed by atoms with E-state index in [-0.39, 0.29) is 0 Å². The number of nitrogens with zero attached hydrogens (tertiary/aromatic N) is 1. The van der Waals surface area contributed by atoms with Crippen LogP contribution in [0.4, 0.5) is 0 Å². The third-order valence-corrected chi connectivity index (χ3v) is 1.51. The highest BCUT2D eigenvalue weighted by atomic mass is 79.9. The van der Waals surface area contributed by atoms with Crippen LogP contribution in [0.5, 0.6) is 0 Å². The molecule has 0 saturated carbocycles. The van der Waals surface area contributed by atoms with Gasteiger partial charge < -0.3 is 0 Å². The molecule has 0 aliphatic carbocycles. The zero-order chi connectivity index (χ0) is 9.52. The average Bonchev–Trinajstić information content (AvgIpc) is 2.19. The first-order valence-corrected chi connectivity index (χ1v) is 8.08. The number of benzene rings is 1. The molecule has 2 aromatic rings. The summed E-state index contributed by atoms with van der Waals surface area (Å²) in [5.41, 5.74) is 1.06. The molecule has 0 spiro atoms. The molecule has 0 saturated heterocycles. The topological polar surface area (TPSA) is 12.9 Å². The fourth-order valence-electron chi connectivity index (χ4n) is 1.02. The Morgan fingerprint density at radius 3 is 2.31 bits per heavy atom. The van der Waals surface area contributed by atoms with Crippen LogP contribution in [0.25, 0.3) is 10.9 Å². The standard InChI is InChI=1S/C9H7N.Br2S/c1-2-6-9-8(4-1)5-3-7-10-9;1-3-2/h1-7H;. The van der Waals surface area contributed by atoms with E-state index < -0.39 is 0 Å². The molecule has 1 aromatic carbocycles. The van der Waals surface area contributed by atoms with Gasteiger partial charge in [0, 0.05) is 41.2 Å². The van der Waals surface area contributed by atoms with Crippen LogP contribution in [0.3, 0.4) is 0 Å². The molecule has 1 aromatic heterocycles. The molecule has 0 bridgehead atoms. The molecule has 0 fully saturated rings. The Morgan fingerprint density at radius 1 is 1.00 bits per heavy atom. The number of hydrogen-bond acceptors (Lipinski definition) is 2. The first-order valence-electron chi connectivity index (χ1n) is 3.57. The number of pyridine rings is 1. The normalized spacial score (nSPS) is 9.08. The summed E-state index contributed by atoms with van der Waals surface area (Å²) in [5, 5.41) is 1.20. The highest BCUT2D eigenvalue weighted by Gasteiger charge is 1.86. The molecule has 13 heavy (non-hydrogen) atoms. The Morgan fingerprint density at radius 2 is 1.62 bits per heavy atom. The van der Waals surface area contributed by atoms with Crippen LogP contribution < -0.4 is 0 Å². The minimum Gasteiger partial charge on any atom is -0.256 e. The van der Waals surface area contributed by atoms with Crippen LogP contribution in [0, 0.1) is 0 Å². The van der Waals surface area contributed by atoms with Crippen LogP contribution >= 0.6 is 38.3 Å². The second-order valence-electron chi connectivity index (χ2n) is 2.25. The molecular formula is C9H7Br2NS. The van der Waals surface area contributed by atoms with E-state index in [1.54, 1.807) is 0 Å². The quantitative estimate of drug-likeness (QED) is 0.705. The van der Waals surface area contributed by atoms with Crippen molar-refractivity contribution in [1.29, 1.82) is 0 Å². The first-order chi connectivity index (χ1) is 6.38. The van der Waals surface area contributed by atoms with Gasteiger partial charge in [-0.05, 0) is 20.8 Å². The maximum Gasteiger partial charge on any atom is 0.0701 e. The third kappa shape index (κ3) is 3.67. The molecule has 0 unspecified atom stereocenters. The van der Waals surface area contributed by atoms with Gasteiger partial charge in [-0.2, -0.15) is 0 Å². The van der Waals surface area contributed by atoms with Crippen LogP contribution in [-0.2, 0) is 0 Å². The van der Waals surface area contributed by atoms with Gasteiger partial charge in [-0.15, -0.1) is 0 Å². The van der Waals surface area contributed by atoms with Crippen LogP contribution in [0.1, 0.15) is 0 Å².